The number of hydrogen-bond donors (Lipinski definition) is 1. The summed E-state index contributed by atoms with van der Waals surface area (Å²) in [6.07, 6.45) is -3.69. The zero-order valence-electron chi connectivity index (χ0n) is 17.0. The summed E-state index contributed by atoms with van der Waals surface area (Å²) in [6, 6.07) is 12.1. The molecule has 0 bridgehead atoms. The van der Waals surface area contributed by atoms with Gasteiger partial charge in [0, 0.05) is 10.4 Å². The van der Waals surface area contributed by atoms with E-state index in [1.165, 1.54) is 59.4 Å². The smallest absolute Gasteiger partial charge is 0.424 e. The molecule has 0 aliphatic rings. The average molecular weight is 499 g/mol. The molecule has 0 fully saturated rings. The molecule has 1 aromatic heterocycles. The van der Waals surface area contributed by atoms with E-state index < -0.39 is 29.8 Å². The second kappa shape index (κ2) is 8.52. The Morgan fingerprint density at radius 2 is 1.73 bits per heavy atom. The van der Waals surface area contributed by atoms with Crippen molar-refractivity contribution >= 4 is 34.1 Å². The normalized spacial score (nSPS) is 13.8. The molecule has 4 rings (SSSR count). The van der Waals surface area contributed by atoms with Crippen LogP contribution in [0.4, 0.5) is 17.6 Å². The van der Waals surface area contributed by atoms with Crippen LogP contribution in [0.25, 0.3) is 16.6 Å². The Morgan fingerprint density at radius 1 is 1.03 bits per heavy atom. The Bertz CT molecular complexity index is 1300. The summed E-state index contributed by atoms with van der Waals surface area (Å²) in [4.78, 5) is 0. The lowest BCUT2D eigenvalue weighted by Gasteiger charge is -2.31. The van der Waals surface area contributed by atoms with Crippen molar-refractivity contribution < 1.29 is 27.4 Å². The van der Waals surface area contributed by atoms with E-state index in [9.17, 15) is 22.7 Å². The number of ether oxygens (including phenoxy) is 1. The minimum atomic E-state index is -5.06. The molecule has 4 nitrogen and oxygen atoms in total. The number of aliphatic hydroxyl groups is 1. The molecular weight excluding hydrogens is 483 g/mol. The fraction of sp³-hybridized carbons (Fsp3) is 0.174. The average Bonchev–Trinajstić information content (AvgIpc) is 3.16. The molecule has 1 atom stereocenters. The van der Waals surface area contributed by atoms with Gasteiger partial charge < -0.3 is 9.84 Å². The molecule has 1 unspecified atom stereocenters. The van der Waals surface area contributed by atoms with Gasteiger partial charge in [0.05, 0.1) is 22.4 Å². The number of fused-ring (bicyclic) bond motifs is 1. The van der Waals surface area contributed by atoms with Crippen LogP contribution in [0.15, 0.2) is 60.8 Å². The Hall–Kier alpha value is -2.81. The highest BCUT2D eigenvalue weighted by atomic mass is 35.5. The number of nitrogens with zero attached hydrogens (tertiary/aromatic N) is 2. The summed E-state index contributed by atoms with van der Waals surface area (Å²) < 4.78 is 62.1. The SMILES string of the molecule is Cc1cc(Cl)cc(Cl)c1OCC(O)(c1ccc2c(cnn2-c2ccc(F)cc2)c1)C(F)(F)F. The highest BCUT2D eigenvalue weighted by molar-refractivity contribution is 6.35. The molecule has 0 aliphatic heterocycles. The van der Waals surface area contributed by atoms with Gasteiger partial charge in [-0.1, -0.05) is 29.3 Å². The zero-order valence-corrected chi connectivity index (χ0v) is 18.5. The van der Waals surface area contributed by atoms with Gasteiger partial charge in [0.2, 0.25) is 5.60 Å². The van der Waals surface area contributed by atoms with Crippen molar-refractivity contribution in [3.63, 3.8) is 0 Å². The van der Waals surface area contributed by atoms with E-state index >= 15 is 0 Å². The lowest BCUT2D eigenvalue weighted by molar-refractivity contribution is -0.275. The fourth-order valence-corrected chi connectivity index (χ4v) is 4.11. The van der Waals surface area contributed by atoms with Crippen LogP contribution >= 0.6 is 23.2 Å². The van der Waals surface area contributed by atoms with Crippen LogP contribution in [-0.2, 0) is 5.60 Å². The molecule has 1 heterocycles. The van der Waals surface area contributed by atoms with Gasteiger partial charge in [0.25, 0.3) is 0 Å². The summed E-state index contributed by atoms with van der Waals surface area (Å²) in [5.74, 6) is -0.433. The van der Waals surface area contributed by atoms with Gasteiger partial charge in [-0.15, -0.1) is 0 Å². The van der Waals surface area contributed by atoms with E-state index in [1.54, 1.807) is 6.92 Å². The molecule has 1 N–H and O–H groups in total. The van der Waals surface area contributed by atoms with Crippen LogP contribution in [0.1, 0.15) is 11.1 Å². The van der Waals surface area contributed by atoms with Crippen LogP contribution in [0.5, 0.6) is 5.75 Å². The standard InChI is InChI=1S/C23H16Cl2F4N2O2/c1-13-8-16(24)10-19(25)21(13)33-12-22(32,23(27,28)29)15-2-7-20-14(9-15)11-30-31(20)18-5-3-17(26)4-6-18/h2-11,32H,12H2,1H3. The number of alkyl halides is 3. The minimum absolute atomic E-state index is 0.00560. The minimum Gasteiger partial charge on any atom is -0.488 e. The van der Waals surface area contributed by atoms with Crippen molar-refractivity contribution in [3.05, 3.63) is 87.8 Å². The molecule has 33 heavy (non-hydrogen) atoms. The largest absolute Gasteiger partial charge is 0.488 e. The summed E-state index contributed by atoms with van der Waals surface area (Å²) in [6.45, 7) is 0.450. The monoisotopic (exact) mass is 498 g/mol. The summed E-state index contributed by atoms with van der Waals surface area (Å²) >= 11 is 12.0. The van der Waals surface area contributed by atoms with Crippen molar-refractivity contribution in [3.8, 4) is 11.4 Å². The molecular formula is C23H16Cl2F4N2O2. The molecule has 0 aliphatic carbocycles. The third-order valence-corrected chi connectivity index (χ3v) is 5.70. The van der Waals surface area contributed by atoms with Gasteiger partial charge in [-0.3, -0.25) is 0 Å². The zero-order chi connectivity index (χ0) is 24.0. The first-order valence-corrected chi connectivity index (χ1v) is 10.4. The van der Waals surface area contributed by atoms with Crippen LogP contribution in [-0.4, -0.2) is 27.7 Å². The number of aromatic nitrogens is 2. The predicted octanol–water partition coefficient (Wildman–Crippen LogP) is 6.61. The molecule has 0 saturated heterocycles. The Morgan fingerprint density at radius 3 is 2.36 bits per heavy atom. The first-order valence-electron chi connectivity index (χ1n) is 9.61. The second-order valence-electron chi connectivity index (χ2n) is 7.49. The first kappa shape index (κ1) is 23.4. The second-order valence-corrected chi connectivity index (χ2v) is 8.33. The Balaban J connectivity index is 1.71. The van der Waals surface area contributed by atoms with E-state index in [0.29, 0.717) is 27.2 Å². The van der Waals surface area contributed by atoms with Crippen LogP contribution < -0.4 is 4.74 Å². The third-order valence-electron chi connectivity index (χ3n) is 5.21. The highest BCUT2D eigenvalue weighted by Crippen LogP contribution is 2.42. The quantitative estimate of drug-likeness (QED) is 0.315. The van der Waals surface area contributed by atoms with E-state index in [1.807, 2.05) is 0 Å². The van der Waals surface area contributed by atoms with Gasteiger partial charge in [-0.2, -0.15) is 18.3 Å². The molecule has 0 amide bonds. The maximum atomic E-state index is 14.0. The third kappa shape index (κ3) is 4.38. The van der Waals surface area contributed by atoms with Gasteiger partial charge in [-0.25, -0.2) is 9.07 Å². The van der Waals surface area contributed by atoms with Crippen molar-refractivity contribution in [1.82, 2.24) is 9.78 Å². The lowest BCUT2D eigenvalue weighted by Crippen LogP contribution is -2.47. The summed E-state index contributed by atoms with van der Waals surface area (Å²) in [5, 5.41) is 15.6. The molecule has 4 aromatic rings. The van der Waals surface area contributed by atoms with Gasteiger partial charge in [0.15, 0.2) is 0 Å². The highest BCUT2D eigenvalue weighted by Gasteiger charge is 2.56. The Labute approximate surface area is 195 Å². The number of benzene rings is 3. The molecule has 172 valence electrons. The van der Waals surface area contributed by atoms with E-state index in [4.69, 9.17) is 27.9 Å². The number of rotatable bonds is 5. The van der Waals surface area contributed by atoms with Gasteiger partial charge in [0.1, 0.15) is 18.2 Å². The number of hydrogen-bond acceptors (Lipinski definition) is 3. The van der Waals surface area contributed by atoms with Crippen LogP contribution in [0.2, 0.25) is 10.0 Å². The molecule has 0 radical (unpaired) electrons. The topological polar surface area (TPSA) is 47.3 Å². The van der Waals surface area contributed by atoms with E-state index in [-0.39, 0.29) is 10.8 Å². The predicted molar refractivity (Wildman–Crippen MR) is 118 cm³/mol. The van der Waals surface area contributed by atoms with E-state index in [0.717, 1.165) is 6.07 Å². The Kier molecular flexibility index (Phi) is 6.03. The van der Waals surface area contributed by atoms with Crippen LogP contribution in [0, 0.1) is 12.7 Å². The van der Waals surface area contributed by atoms with Crippen molar-refractivity contribution in [2.75, 3.05) is 6.61 Å². The van der Waals surface area contributed by atoms with Crippen molar-refractivity contribution in [2.45, 2.75) is 18.7 Å². The van der Waals surface area contributed by atoms with Gasteiger partial charge >= 0.3 is 6.18 Å². The first-order chi connectivity index (χ1) is 15.5. The summed E-state index contributed by atoms with van der Waals surface area (Å²) in [5.41, 5.74) is -2.32. The van der Waals surface area contributed by atoms with E-state index in [2.05, 4.69) is 5.10 Å². The molecule has 10 heteroatoms. The fourth-order valence-electron chi connectivity index (χ4n) is 3.46. The summed E-state index contributed by atoms with van der Waals surface area (Å²) in [7, 11) is 0. The maximum absolute atomic E-state index is 14.0. The van der Waals surface area contributed by atoms with Crippen molar-refractivity contribution in [1.29, 1.82) is 0 Å². The molecule has 0 spiro atoms. The molecule has 0 saturated carbocycles. The maximum Gasteiger partial charge on any atom is 0.424 e. The number of halogens is 6. The number of aryl methyl sites for hydroxylation is 1. The molecule has 3 aromatic carbocycles. The van der Waals surface area contributed by atoms with Gasteiger partial charge in [-0.05, 0) is 66.6 Å². The lowest BCUT2D eigenvalue weighted by atomic mass is 9.93. The van der Waals surface area contributed by atoms with Crippen LogP contribution in [0.3, 0.4) is 0 Å². The van der Waals surface area contributed by atoms with Crippen molar-refractivity contribution in [2.24, 2.45) is 0 Å².